The molecule has 0 aliphatic carbocycles. The van der Waals surface area contributed by atoms with Crippen molar-refractivity contribution >= 4 is 5.91 Å². The number of nitrogens with one attached hydrogen (secondary N) is 1. The van der Waals surface area contributed by atoms with E-state index in [2.05, 4.69) is 29.6 Å². The molecule has 0 spiro atoms. The quantitative estimate of drug-likeness (QED) is 0.722. The normalized spacial score (nSPS) is 19.3. The number of hydrogen-bond acceptors (Lipinski definition) is 2. The monoisotopic (exact) mass is 357 g/mol. The number of carbonyl (C=O) groups is 1. The molecule has 1 aliphatic rings. The topological polar surface area (TPSA) is 38.3 Å². The zero-order valence-electron chi connectivity index (χ0n) is 15.2. The Hall–Kier alpha value is -3.07. The van der Waals surface area contributed by atoms with E-state index in [1.165, 1.54) is 5.56 Å². The van der Waals surface area contributed by atoms with E-state index in [4.69, 9.17) is 4.74 Å². The predicted molar refractivity (Wildman–Crippen MR) is 107 cm³/mol. The number of carbonyl (C=O) groups excluding carboxylic acids is 1. The Bertz CT molecular complexity index is 875. The second-order valence-corrected chi connectivity index (χ2v) is 6.92. The molecule has 4 rings (SSSR count). The fourth-order valence-corrected chi connectivity index (χ4v) is 3.77. The van der Waals surface area contributed by atoms with Gasteiger partial charge in [-0.25, -0.2) is 0 Å². The zero-order chi connectivity index (χ0) is 18.5. The number of amides is 1. The van der Waals surface area contributed by atoms with Gasteiger partial charge < -0.3 is 10.1 Å². The van der Waals surface area contributed by atoms with Gasteiger partial charge in [0.05, 0.1) is 5.92 Å². The van der Waals surface area contributed by atoms with Gasteiger partial charge in [-0.15, -0.1) is 0 Å². The second-order valence-electron chi connectivity index (χ2n) is 6.92. The number of hydrogen-bond donors (Lipinski definition) is 1. The molecule has 0 saturated carbocycles. The van der Waals surface area contributed by atoms with Crippen LogP contribution in [0, 0.1) is 0 Å². The van der Waals surface area contributed by atoms with Crippen molar-refractivity contribution in [2.75, 3.05) is 6.54 Å². The van der Waals surface area contributed by atoms with Crippen molar-refractivity contribution < 1.29 is 9.53 Å². The van der Waals surface area contributed by atoms with E-state index in [9.17, 15) is 4.79 Å². The van der Waals surface area contributed by atoms with Crippen LogP contribution in [0.4, 0.5) is 0 Å². The molecule has 2 unspecified atom stereocenters. The molecule has 3 heteroatoms. The summed E-state index contributed by atoms with van der Waals surface area (Å²) in [4.78, 5) is 12.6. The van der Waals surface area contributed by atoms with Crippen LogP contribution in [0.1, 0.15) is 34.9 Å². The Kier molecular flexibility index (Phi) is 5.20. The Morgan fingerprint density at radius 3 is 2.19 bits per heavy atom. The average molecular weight is 357 g/mol. The highest BCUT2D eigenvalue weighted by molar-refractivity contribution is 5.85. The van der Waals surface area contributed by atoms with E-state index in [0.717, 1.165) is 29.8 Å². The first-order valence-corrected chi connectivity index (χ1v) is 9.40. The molecule has 136 valence electrons. The van der Waals surface area contributed by atoms with Gasteiger partial charge in [0.1, 0.15) is 12.4 Å². The van der Waals surface area contributed by atoms with E-state index in [0.29, 0.717) is 6.61 Å². The first-order chi connectivity index (χ1) is 13.3. The molecule has 1 fully saturated rings. The molecule has 1 amide bonds. The lowest BCUT2D eigenvalue weighted by Crippen LogP contribution is -2.39. The van der Waals surface area contributed by atoms with Gasteiger partial charge >= 0.3 is 0 Å². The summed E-state index contributed by atoms with van der Waals surface area (Å²) < 4.78 is 5.89. The van der Waals surface area contributed by atoms with E-state index in [-0.39, 0.29) is 17.7 Å². The molecule has 0 radical (unpaired) electrons. The van der Waals surface area contributed by atoms with Crippen LogP contribution in [0.25, 0.3) is 0 Å². The molecule has 0 bridgehead atoms. The lowest BCUT2D eigenvalue weighted by atomic mass is 9.77. The molecule has 2 atom stereocenters. The third-order valence-electron chi connectivity index (χ3n) is 5.15. The summed E-state index contributed by atoms with van der Waals surface area (Å²) in [6.45, 7) is 1.28. The van der Waals surface area contributed by atoms with Gasteiger partial charge in [0.15, 0.2) is 0 Å². The van der Waals surface area contributed by atoms with Crippen LogP contribution < -0.4 is 10.1 Å². The maximum atomic E-state index is 12.6. The Morgan fingerprint density at radius 1 is 0.815 bits per heavy atom. The number of benzene rings is 3. The van der Waals surface area contributed by atoms with Crippen LogP contribution in [-0.2, 0) is 11.4 Å². The van der Waals surface area contributed by atoms with E-state index in [1.54, 1.807) is 0 Å². The van der Waals surface area contributed by atoms with Crippen molar-refractivity contribution in [3.63, 3.8) is 0 Å². The molecule has 1 heterocycles. The molecule has 3 aromatic carbocycles. The van der Waals surface area contributed by atoms with Gasteiger partial charge in [-0.3, -0.25) is 4.79 Å². The largest absolute Gasteiger partial charge is 0.489 e. The molecular weight excluding hydrogens is 334 g/mol. The third kappa shape index (κ3) is 4.03. The van der Waals surface area contributed by atoms with E-state index < -0.39 is 0 Å². The first kappa shape index (κ1) is 17.3. The molecule has 1 aliphatic heterocycles. The van der Waals surface area contributed by atoms with Gasteiger partial charge in [0.25, 0.3) is 0 Å². The molecule has 3 nitrogen and oxygen atoms in total. The minimum Gasteiger partial charge on any atom is -0.489 e. The van der Waals surface area contributed by atoms with Crippen molar-refractivity contribution in [2.24, 2.45) is 0 Å². The number of ether oxygens (including phenoxy) is 1. The SMILES string of the molecule is O=C1NCCC(c2ccc(OCc3ccccc3)cc2)C1c1ccccc1. The van der Waals surface area contributed by atoms with Crippen LogP contribution in [0.5, 0.6) is 5.75 Å². The van der Waals surface area contributed by atoms with Gasteiger partial charge in [-0.1, -0.05) is 72.8 Å². The summed E-state index contributed by atoms with van der Waals surface area (Å²) in [5, 5.41) is 3.02. The Morgan fingerprint density at radius 2 is 1.48 bits per heavy atom. The smallest absolute Gasteiger partial charge is 0.228 e. The van der Waals surface area contributed by atoms with Gasteiger partial charge in [-0.2, -0.15) is 0 Å². The summed E-state index contributed by atoms with van der Waals surface area (Å²) in [5.41, 5.74) is 3.41. The lowest BCUT2D eigenvalue weighted by Gasteiger charge is -2.32. The summed E-state index contributed by atoms with van der Waals surface area (Å²) in [6.07, 6.45) is 0.940. The van der Waals surface area contributed by atoms with Gasteiger partial charge in [0.2, 0.25) is 5.91 Å². The van der Waals surface area contributed by atoms with Crippen LogP contribution in [0.15, 0.2) is 84.9 Å². The maximum absolute atomic E-state index is 12.6. The number of piperidine rings is 1. The summed E-state index contributed by atoms with van der Waals surface area (Å²) in [7, 11) is 0. The van der Waals surface area contributed by atoms with E-state index in [1.807, 2.05) is 60.7 Å². The standard InChI is InChI=1S/C24H23NO2/c26-24-23(20-9-5-2-6-10-20)22(15-16-25-24)19-11-13-21(14-12-19)27-17-18-7-3-1-4-8-18/h1-14,22-23H,15-17H2,(H,25,26). The van der Waals surface area contributed by atoms with Crippen molar-refractivity contribution in [3.05, 3.63) is 102 Å². The van der Waals surface area contributed by atoms with Crippen molar-refractivity contribution in [3.8, 4) is 5.75 Å². The highest BCUT2D eigenvalue weighted by atomic mass is 16.5. The third-order valence-corrected chi connectivity index (χ3v) is 5.15. The van der Waals surface area contributed by atoms with Crippen LogP contribution in [0.3, 0.4) is 0 Å². The minimum absolute atomic E-state index is 0.113. The van der Waals surface area contributed by atoms with Crippen LogP contribution in [-0.4, -0.2) is 12.5 Å². The summed E-state index contributed by atoms with van der Waals surface area (Å²) >= 11 is 0. The minimum atomic E-state index is -0.143. The molecule has 27 heavy (non-hydrogen) atoms. The van der Waals surface area contributed by atoms with Crippen molar-refractivity contribution in [1.82, 2.24) is 5.32 Å². The van der Waals surface area contributed by atoms with Crippen molar-refractivity contribution in [1.29, 1.82) is 0 Å². The molecule has 0 aromatic heterocycles. The first-order valence-electron chi connectivity index (χ1n) is 9.40. The fourth-order valence-electron chi connectivity index (χ4n) is 3.77. The molecule has 3 aromatic rings. The van der Waals surface area contributed by atoms with Gasteiger partial charge in [0, 0.05) is 12.5 Å². The van der Waals surface area contributed by atoms with E-state index >= 15 is 0 Å². The second kappa shape index (κ2) is 8.09. The Balaban J connectivity index is 1.50. The average Bonchev–Trinajstić information content (AvgIpc) is 2.74. The lowest BCUT2D eigenvalue weighted by molar-refractivity contribution is -0.124. The highest BCUT2D eigenvalue weighted by Crippen LogP contribution is 2.38. The predicted octanol–water partition coefficient (Wildman–Crippen LogP) is 4.65. The molecule has 1 N–H and O–H groups in total. The fraction of sp³-hybridized carbons (Fsp3) is 0.208. The van der Waals surface area contributed by atoms with Crippen LogP contribution >= 0.6 is 0 Å². The number of rotatable bonds is 5. The maximum Gasteiger partial charge on any atom is 0.228 e. The zero-order valence-corrected chi connectivity index (χ0v) is 15.2. The molecule has 1 saturated heterocycles. The summed E-state index contributed by atoms with van der Waals surface area (Å²) in [5.74, 6) is 1.00. The van der Waals surface area contributed by atoms with Gasteiger partial charge in [-0.05, 0) is 35.2 Å². The Labute approximate surface area is 160 Å². The van der Waals surface area contributed by atoms with Crippen molar-refractivity contribution in [2.45, 2.75) is 24.9 Å². The van der Waals surface area contributed by atoms with Crippen LogP contribution in [0.2, 0.25) is 0 Å². The molecular formula is C24H23NO2. The summed E-state index contributed by atoms with van der Waals surface area (Å²) in [6, 6.07) is 28.4. The highest BCUT2D eigenvalue weighted by Gasteiger charge is 2.34.